The smallest absolute Gasteiger partial charge is 0.253 e. The zero-order valence-corrected chi connectivity index (χ0v) is 15.2. The Kier molecular flexibility index (Phi) is 5.71. The van der Waals surface area contributed by atoms with E-state index in [1.54, 1.807) is 0 Å². The van der Waals surface area contributed by atoms with E-state index in [1.807, 2.05) is 36.2 Å². The molecule has 0 saturated carbocycles. The van der Waals surface area contributed by atoms with Gasteiger partial charge in [-0.2, -0.15) is 0 Å². The molecule has 0 bridgehead atoms. The van der Waals surface area contributed by atoms with Gasteiger partial charge in [0.25, 0.3) is 5.91 Å². The molecule has 4 nitrogen and oxygen atoms in total. The third-order valence-electron chi connectivity index (χ3n) is 4.97. The van der Waals surface area contributed by atoms with Crippen LogP contribution in [0.15, 0.2) is 48.5 Å². The van der Waals surface area contributed by atoms with Gasteiger partial charge in [0.05, 0.1) is 0 Å². The molecule has 0 atom stereocenters. The second kappa shape index (κ2) is 8.17. The largest absolute Gasteiger partial charge is 0.388 e. The molecule has 0 radical (unpaired) electrons. The summed E-state index contributed by atoms with van der Waals surface area (Å²) in [5, 5.41) is 3.08. The van der Waals surface area contributed by atoms with E-state index in [0.717, 1.165) is 50.4 Å². The van der Waals surface area contributed by atoms with Crippen LogP contribution in [0.3, 0.4) is 0 Å². The number of carbonyl (C=O) groups is 1. The Hall–Kier alpha value is -2.33. The third-order valence-corrected chi connectivity index (χ3v) is 4.97. The lowest BCUT2D eigenvalue weighted by atomic mass is 10.0. The van der Waals surface area contributed by atoms with Crippen molar-refractivity contribution in [3.8, 4) is 0 Å². The van der Waals surface area contributed by atoms with Crippen LogP contribution in [0, 0.1) is 0 Å². The van der Waals surface area contributed by atoms with Crippen LogP contribution in [-0.4, -0.2) is 48.9 Å². The second-order valence-corrected chi connectivity index (χ2v) is 6.52. The highest BCUT2D eigenvalue weighted by atomic mass is 16.2. The van der Waals surface area contributed by atoms with Gasteiger partial charge in [-0.05, 0) is 41.8 Å². The van der Waals surface area contributed by atoms with Crippen molar-refractivity contribution in [1.82, 2.24) is 9.80 Å². The maximum Gasteiger partial charge on any atom is 0.253 e. The SMILES string of the molecule is CCc1ccccc1CN1CCN(C(=O)c2ccc(NC)cc2)CC1. The zero-order chi connectivity index (χ0) is 17.6. The molecule has 4 heteroatoms. The average molecular weight is 337 g/mol. The van der Waals surface area contributed by atoms with Crippen LogP contribution in [0.4, 0.5) is 5.69 Å². The number of aryl methyl sites for hydroxylation is 1. The first-order valence-corrected chi connectivity index (χ1v) is 9.07. The molecule has 0 unspecified atom stereocenters. The number of hydrogen-bond acceptors (Lipinski definition) is 3. The first-order valence-electron chi connectivity index (χ1n) is 9.07. The lowest BCUT2D eigenvalue weighted by Gasteiger charge is -2.35. The monoisotopic (exact) mass is 337 g/mol. The van der Waals surface area contributed by atoms with Crippen LogP contribution in [0.25, 0.3) is 0 Å². The van der Waals surface area contributed by atoms with Crippen LogP contribution in [0.5, 0.6) is 0 Å². The molecule has 1 aliphatic rings. The summed E-state index contributed by atoms with van der Waals surface area (Å²) >= 11 is 0. The number of anilines is 1. The van der Waals surface area contributed by atoms with Gasteiger partial charge < -0.3 is 10.2 Å². The van der Waals surface area contributed by atoms with Gasteiger partial charge in [-0.1, -0.05) is 31.2 Å². The van der Waals surface area contributed by atoms with Gasteiger partial charge in [0.2, 0.25) is 0 Å². The van der Waals surface area contributed by atoms with Crippen molar-refractivity contribution in [3.05, 3.63) is 65.2 Å². The van der Waals surface area contributed by atoms with Gasteiger partial charge in [-0.25, -0.2) is 0 Å². The number of amides is 1. The number of nitrogens with one attached hydrogen (secondary N) is 1. The van der Waals surface area contributed by atoms with Gasteiger partial charge in [0.15, 0.2) is 0 Å². The number of carbonyl (C=O) groups excluding carboxylic acids is 1. The minimum Gasteiger partial charge on any atom is -0.388 e. The highest BCUT2D eigenvalue weighted by Crippen LogP contribution is 2.16. The number of rotatable bonds is 5. The highest BCUT2D eigenvalue weighted by molar-refractivity contribution is 5.94. The Morgan fingerprint density at radius 3 is 2.20 bits per heavy atom. The number of benzene rings is 2. The summed E-state index contributed by atoms with van der Waals surface area (Å²) in [6.45, 7) is 6.62. The fourth-order valence-electron chi connectivity index (χ4n) is 3.37. The molecule has 1 amide bonds. The molecule has 25 heavy (non-hydrogen) atoms. The van der Waals surface area contributed by atoms with Crippen LogP contribution in [0.2, 0.25) is 0 Å². The van der Waals surface area contributed by atoms with E-state index in [4.69, 9.17) is 0 Å². The number of piperazine rings is 1. The van der Waals surface area contributed by atoms with Gasteiger partial charge >= 0.3 is 0 Å². The standard InChI is InChI=1S/C21H27N3O/c1-3-17-6-4-5-7-19(17)16-23-12-14-24(15-13-23)21(25)18-8-10-20(22-2)11-9-18/h4-11,22H,3,12-16H2,1-2H3. The minimum absolute atomic E-state index is 0.135. The van der Waals surface area contributed by atoms with Crippen LogP contribution in [-0.2, 0) is 13.0 Å². The highest BCUT2D eigenvalue weighted by Gasteiger charge is 2.22. The van der Waals surface area contributed by atoms with Gasteiger partial charge in [-0.15, -0.1) is 0 Å². The molecule has 1 saturated heterocycles. The summed E-state index contributed by atoms with van der Waals surface area (Å²) in [6.07, 6.45) is 1.07. The Labute approximate surface area is 150 Å². The maximum absolute atomic E-state index is 12.7. The molecule has 0 aliphatic carbocycles. The van der Waals surface area contributed by atoms with E-state index in [2.05, 4.69) is 41.4 Å². The third kappa shape index (κ3) is 4.20. The first-order chi connectivity index (χ1) is 12.2. The van der Waals surface area contributed by atoms with Crippen LogP contribution < -0.4 is 5.32 Å². The Bertz CT molecular complexity index is 703. The summed E-state index contributed by atoms with van der Waals surface area (Å²) in [5.74, 6) is 0.135. The summed E-state index contributed by atoms with van der Waals surface area (Å²) < 4.78 is 0. The number of hydrogen-bond donors (Lipinski definition) is 1. The fraction of sp³-hybridized carbons (Fsp3) is 0.381. The molecular weight excluding hydrogens is 310 g/mol. The van der Waals surface area contributed by atoms with Gasteiger partial charge in [-0.3, -0.25) is 9.69 Å². The average Bonchev–Trinajstić information content (AvgIpc) is 2.68. The molecule has 1 aliphatic heterocycles. The minimum atomic E-state index is 0.135. The topological polar surface area (TPSA) is 35.6 Å². The number of nitrogens with zero attached hydrogens (tertiary/aromatic N) is 2. The molecule has 1 fully saturated rings. The predicted octanol–water partition coefficient (Wildman–Crippen LogP) is 3.25. The molecule has 3 rings (SSSR count). The molecule has 132 valence electrons. The molecule has 1 heterocycles. The van der Waals surface area contributed by atoms with E-state index < -0.39 is 0 Å². The van der Waals surface area contributed by atoms with E-state index in [0.29, 0.717) is 0 Å². The summed E-state index contributed by atoms with van der Waals surface area (Å²) in [6, 6.07) is 16.4. The first kappa shape index (κ1) is 17.5. The summed E-state index contributed by atoms with van der Waals surface area (Å²) in [7, 11) is 1.88. The molecule has 0 aromatic heterocycles. The molecule has 2 aromatic rings. The van der Waals surface area contributed by atoms with Crippen LogP contribution >= 0.6 is 0 Å². The van der Waals surface area contributed by atoms with E-state index in [-0.39, 0.29) is 5.91 Å². The van der Waals surface area contributed by atoms with E-state index >= 15 is 0 Å². The maximum atomic E-state index is 12.7. The van der Waals surface area contributed by atoms with Crippen molar-refractivity contribution in [1.29, 1.82) is 0 Å². The second-order valence-electron chi connectivity index (χ2n) is 6.52. The zero-order valence-electron chi connectivity index (χ0n) is 15.2. The Balaban J connectivity index is 1.56. The van der Waals surface area contributed by atoms with Crippen molar-refractivity contribution in [2.24, 2.45) is 0 Å². The van der Waals surface area contributed by atoms with Gasteiger partial charge in [0, 0.05) is 51.0 Å². The van der Waals surface area contributed by atoms with Crippen molar-refractivity contribution >= 4 is 11.6 Å². The normalized spacial score (nSPS) is 15.2. The van der Waals surface area contributed by atoms with E-state index in [1.165, 1.54) is 11.1 Å². The predicted molar refractivity (Wildman–Crippen MR) is 103 cm³/mol. The Morgan fingerprint density at radius 2 is 1.60 bits per heavy atom. The van der Waals surface area contributed by atoms with E-state index in [9.17, 15) is 4.79 Å². The van der Waals surface area contributed by atoms with Crippen molar-refractivity contribution in [2.45, 2.75) is 19.9 Å². The lowest BCUT2D eigenvalue weighted by Crippen LogP contribution is -2.48. The van der Waals surface area contributed by atoms with Crippen molar-refractivity contribution in [3.63, 3.8) is 0 Å². The van der Waals surface area contributed by atoms with Crippen molar-refractivity contribution in [2.75, 3.05) is 38.5 Å². The lowest BCUT2D eigenvalue weighted by molar-refractivity contribution is 0.0628. The molecular formula is C21H27N3O. The molecule has 2 aromatic carbocycles. The fourth-order valence-corrected chi connectivity index (χ4v) is 3.37. The summed E-state index contributed by atoms with van der Waals surface area (Å²) in [4.78, 5) is 17.1. The van der Waals surface area contributed by atoms with Crippen molar-refractivity contribution < 1.29 is 4.79 Å². The quantitative estimate of drug-likeness (QED) is 0.910. The summed E-state index contributed by atoms with van der Waals surface area (Å²) in [5.41, 5.74) is 4.62. The Morgan fingerprint density at radius 1 is 0.960 bits per heavy atom. The van der Waals surface area contributed by atoms with Crippen LogP contribution in [0.1, 0.15) is 28.4 Å². The van der Waals surface area contributed by atoms with Gasteiger partial charge in [0.1, 0.15) is 0 Å². The molecule has 1 N–H and O–H groups in total. The molecule has 0 spiro atoms.